The van der Waals surface area contributed by atoms with Gasteiger partial charge < -0.3 is 10.2 Å². The van der Waals surface area contributed by atoms with Crippen LogP contribution in [0, 0.1) is 6.92 Å². The third-order valence-corrected chi connectivity index (χ3v) is 5.62. The van der Waals surface area contributed by atoms with Crippen LogP contribution < -0.4 is 5.32 Å². The molecule has 0 atom stereocenters. The maximum absolute atomic E-state index is 12.6. The molecule has 3 rings (SSSR count). The van der Waals surface area contributed by atoms with Crippen molar-refractivity contribution in [3.63, 3.8) is 0 Å². The molecule has 1 saturated heterocycles. The van der Waals surface area contributed by atoms with Crippen LogP contribution in [-0.4, -0.2) is 72.8 Å². The molecule has 1 fully saturated rings. The molecule has 0 bridgehead atoms. The fourth-order valence-corrected chi connectivity index (χ4v) is 3.60. The summed E-state index contributed by atoms with van der Waals surface area (Å²) in [6.45, 7) is 7.29. The van der Waals surface area contributed by atoms with E-state index >= 15 is 0 Å². The van der Waals surface area contributed by atoms with Crippen LogP contribution in [0.1, 0.15) is 16.7 Å². The second kappa shape index (κ2) is 10.9. The number of hydrogen-bond donors (Lipinski definition) is 1. The van der Waals surface area contributed by atoms with Gasteiger partial charge >= 0.3 is 0 Å². The lowest BCUT2D eigenvalue weighted by atomic mass is 10.1. The summed E-state index contributed by atoms with van der Waals surface area (Å²) in [5.74, 6) is 0.175. The van der Waals surface area contributed by atoms with Crippen molar-refractivity contribution in [1.29, 1.82) is 0 Å². The molecule has 0 aromatic heterocycles. The van der Waals surface area contributed by atoms with Gasteiger partial charge in [0, 0.05) is 46.3 Å². The van der Waals surface area contributed by atoms with Crippen LogP contribution in [0.4, 0.5) is 0 Å². The summed E-state index contributed by atoms with van der Waals surface area (Å²) >= 11 is 0. The molecule has 1 aliphatic rings. The van der Waals surface area contributed by atoms with Gasteiger partial charge in [0.05, 0.1) is 13.1 Å². The summed E-state index contributed by atoms with van der Waals surface area (Å²) in [6, 6.07) is 18.1. The Labute approximate surface area is 179 Å². The predicted octanol–water partition coefficient (Wildman–Crippen LogP) is 1.89. The SMILES string of the molecule is Cc1ccccc1CN(C)C(=O)CN1CCN(CC(=O)NCc2ccccc2)CC1. The van der Waals surface area contributed by atoms with E-state index in [2.05, 4.69) is 34.2 Å². The van der Waals surface area contributed by atoms with Crippen molar-refractivity contribution < 1.29 is 9.59 Å². The number of carbonyl (C=O) groups is 2. The highest BCUT2D eigenvalue weighted by Crippen LogP contribution is 2.10. The number of aryl methyl sites for hydroxylation is 1. The quantitative estimate of drug-likeness (QED) is 0.725. The second-order valence-electron chi connectivity index (χ2n) is 7.99. The summed E-state index contributed by atoms with van der Waals surface area (Å²) in [5.41, 5.74) is 3.49. The molecule has 2 aromatic carbocycles. The first kappa shape index (κ1) is 22.0. The number of hydrogen-bond acceptors (Lipinski definition) is 4. The predicted molar refractivity (Wildman–Crippen MR) is 119 cm³/mol. The first-order valence-electron chi connectivity index (χ1n) is 10.5. The molecule has 0 aliphatic carbocycles. The zero-order chi connectivity index (χ0) is 21.3. The number of piperazine rings is 1. The zero-order valence-corrected chi connectivity index (χ0v) is 18.0. The lowest BCUT2D eigenvalue weighted by Crippen LogP contribution is -2.51. The van der Waals surface area contributed by atoms with Crippen LogP contribution in [0.25, 0.3) is 0 Å². The lowest BCUT2D eigenvalue weighted by molar-refractivity contribution is -0.132. The van der Waals surface area contributed by atoms with Crippen molar-refractivity contribution in [2.75, 3.05) is 46.3 Å². The number of nitrogens with zero attached hydrogens (tertiary/aromatic N) is 3. The van der Waals surface area contributed by atoms with Crippen LogP contribution in [0.3, 0.4) is 0 Å². The Morgan fingerprint density at radius 3 is 2.17 bits per heavy atom. The molecule has 1 aliphatic heterocycles. The summed E-state index contributed by atoms with van der Waals surface area (Å²) in [4.78, 5) is 30.9. The molecule has 0 radical (unpaired) electrons. The molecule has 30 heavy (non-hydrogen) atoms. The molecule has 0 unspecified atom stereocenters. The van der Waals surface area contributed by atoms with E-state index in [0.29, 0.717) is 26.2 Å². The molecular formula is C24H32N4O2. The van der Waals surface area contributed by atoms with Gasteiger partial charge in [0.2, 0.25) is 11.8 Å². The Morgan fingerprint density at radius 1 is 0.900 bits per heavy atom. The number of benzene rings is 2. The molecule has 6 heteroatoms. The molecule has 160 valence electrons. The maximum Gasteiger partial charge on any atom is 0.236 e. The number of rotatable bonds is 8. The van der Waals surface area contributed by atoms with Crippen LogP contribution in [-0.2, 0) is 22.7 Å². The van der Waals surface area contributed by atoms with Gasteiger partial charge in [-0.1, -0.05) is 54.6 Å². The molecule has 0 spiro atoms. The van der Waals surface area contributed by atoms with Gasteiger partial charge in [0.25, 0.3) is 0 Å². The van der Waals surface area contributed by atoms with E-state index in [1.807, 2.05) is 49.5 Å². The Hall–Kier alpha value is -2.70. The number of nitrogens with one attached hydrogen (secondary N) is 1. The minimum Gasteiger partial charge on any atom is -0.351 e. The van der Waals surface area contributed by atoms with Gasteiger partial charge in [0.15, 0.2) is 0 Å². The molecular weight excluding hydrogens is 376 g/mol. The molecule has 6 nitrogen and oxygen atoms in total. The van der Waals surface area contributed by atoms with Gasteiger partial charge in [-0.15, -0.1) is 0 Å². The molecule has 2 amide bonds. The summed E-state index contributed by atoms with van der Waals surface area (Å²) < 4.78 is 0. The van der Waals surface area contributed by atoms with Crippen molar-refractivity contribution >= 4 is 11.8 Å². The van der Waals surface area contributed by atoms with E-state index < -0.39 is 0 Å². The van der Waals surface area contributed by atoms with Gasteiger partial charge in [-0.3, -0.25) is 19.4 Å². The second-order valence-corrected chi connectivity index (χ2v) is 7.99. The fourth-order valence-electron chi connectivity index (χ4n) is 3.60. The Balaban J connectivity index is 1.36. The van der Waals surface area contributed by atoms with Gasteiger partial charge in [-0.05, 0) is 23.6 Å². The largest absolute Gasteiger partial charge is 0.351 e. The van der Waals surface area contributed by atoms with Crippen LogP contribution in [0.15, 0.2) is 54.6 Å². The van der Waals surface area contributed by atoms with E-state index in [1.165, 1.54) is 11.1 Å². The van der Waals surface area contributed by atoms with Crippen molar-refractivity contribution in [1.82, 2.24) is 20.0 Å². The van der Waals surface area contributed by atoms with Crippen LogP contribution >= 0.6 is 0 Å². The van der Waals surface area contributed by atoms with Crippen molar-refractivity contribution in [2.45, 2.75) is 20.0 Å². The minimum atomic E-state index is 0.0429. The summed E-state index contributed by atoms with van der Waals surface area (Å²) in [6.07, 6.45) is 0. The highest BCUT2D eigenvalue weighted by Gasteiger charge is 2.22. The monoisotopic (exact) mass is 408 g/mol. The van der Waals surface area contributed by atoms with Crippen LogP contribution in [0.5, 0.6) is 0 Å². The summed E-state index contributed by atoms with van der Waals surface area (Å²) in [5, 5.41) is 2.98. The van der Waals surface area contributed by atoms with E-state index in [1.54, 1.807) is 4.90 Å². The smallest absolute Gasteiger partial charge is 0.236 e. The van der Waals surface area contributed by atoms with Crippen molar-refractivity contribution in [2.24, 2.45) is 0 Å². The van der Waals surface area contributed by atoms with E-state index in [0.717, 1.165) is 31.7 Å². The Bertz CT molecular complexity index is 832. The lowest BCUT2D eigenvalue weighted by Gasteiger charge is -2.34. The minimum absolute atomic E-state index is 0.0429. The Morgan fingerprint density at radius 2 is 1.50 bits per heavy atom. The molecule has 0 saturated carbocycles. The van der Waals surface area contributed by atoms with Crippen molar-refractivity contribution in [3.05, 3.63) is 71.3 Å². The number of carbonyl (C=O) groups excluding carboxylic acids is 2. The third-order valence-electron chi connectivity index (χ3n) is 5.62. The highest BCUT2D eigenvalue weighted by molar-refractivity contribution is 5.78. The fraction of sp³-hybridized carbons (Fsp3) is 0.417. The van der Waals surface area contributed by atoms with E-state index in [4.69, 9.17) is 0 Å². The number of likely N-dealkylation sites (N-methyl/N-ethyl adjacent to an activating group) is 1. The Kier molecular flexibility index (Phi) is 7.99. The number of amides is 2. The first-order chi connectivity index (χ1) is 14.5. The highest BCUT2D eigenvalue weighted by atomic mass is 16.2. The average molecular weight is 409 g/mol. The van der Waals surface area contributed by atoms with Crippen LogP contribution in [0.2, 0.25) is 0 Å². The van der Waals surface area contributed by atoms with Crippen molar-refractivity contribution in [3.8, 4) is 0 Å². The van der Waals surface area contributed by atoms with E-state index in [-0.39, 0.29) is 11.8 Å². The zero-order valence-electron chi connectivity index (χ0n) is 18.0. The topological polar surface area (TPSA) is 55.9 Å². The maximum atomic E-state index is 12.6. The molecule has 1 N–H and O–H groups in total. The first-order valence-corrected chi connectivity index (χ1v) is 10.5. The van der Waals surface area contributed by atoms with Gasteiger partial charge in [-0.25, -0.2) is 0 Å². The van der Waals surface area contributed by atoms with E-state index in [9.17, 15) is 9.59 Å². The summed E-state index contributed by atoms with van der Waals surface area (Å²) in [7, 11) is 1.86. The van der Waals surface area contributed by atoms with Gasteiger partial charge in [0.1, 0.15) is 0 Å². The normalized spacial score (nSPS) is 15.0. The molecule has 2 aromatic rings. The third kappa shape index (κ3) is 6.68. The van der Waals surface area contributed by atoms with Gasteiger partial charge in [-0.2, -0.15) is 0 Å². The average Bonchev–Trinajstić information content (AvgIpc) is 2.76. The standard InChI is InChI=1S/C24H32N4O2/c1-20-8-6-7-11-22(20)17-26(2)24(30)19-28-14-12-27(13-15-28)18-23(29)25-16-21-9-4-3-5-10-21/h3-11H,12-19H2,1-2H3,(H,25,29). The molecule has 1 heterocycles.